The van der Waals surface area contributed by atoms with Crippen LogP contribution in [-0.4, -0.2) is 176 Å². The van der Waals surface area contributed by atoms with Gasteiger partial charge < -0.3 is 83.9 Å². The molecular weight excluding hydrogens is 824 g/mol. The molecule has 24 atom stereocenters. The average Bonchev–Trinajstić information content (AvgIpc) is 3.83. The predicted octanol–water partition coefficient (Wildman–Crippen LogP) is 0.606. The number of fused-ring (bicyclic) bond motifs is 4. The van der Waals surface area contributed by atoms with E-state index in [2.05, 4.69) is 47.6 Å². The largest absolute Gasteiger partial charge is 0.394 e. The number of ether oxygens (including phenoxy) is 8. The molecule has 17 nitrogen and oxygen atoms in total. The first-order chi connectivity index (χ1) is 29.6. The van der Waals surface area contributed by atoms with Crippen molar-refractivity contribution >= 4 is 0 Å². The van der Waals surface area contributed by atoms with Gasteiger partial charge in [-0.1, -0.05) is 39.3 Å². The zero-order chi connectivity index (χ0) is 45.4. The molecule has 9 fully saturated rings. The van der Waals surface area contributed by atoms with Gasteiger partial charge in [0.15, 0.2) is 24.7 Å². The van der Waals surface area contributed by atoms with E-state index in [-0.39, 0.29) is 52.8 Å². The summed E-state index contributed by atoms with van der Waals surface area (Å²) in [5.41, 5.74) is -0.453. The van der Waals surface area contributed by atoms with Gasteiger partial charge in [-0.25, -0.2) is 0 Å². The van der Waals surface area contributed by atoms with Crippen LogP contribution in [0, 0.1) is 45.3 Å². The molecule has 9 rings (SSSR count). The third-order valence-electron chi connectivity index (χ3n) is 18.4. The number of allylic oxidation sites excluding steroid dienone is 1. The summed E-state index contributed by atoms with van der Waals surface area (Å²) < 4.78 is 50.7. The highest BCUT2D eigenvalue weighted by Crippen LogP contribution is 2.80. The van der Waals surface area contributed by atoms with E-state index in [4.69, 9.17) is 37.9 Å². The van der Waals surface area contributed by atoms with Gasteiger partial charge >= 0.3 is 0 Å². The summed E-state index contributed by atoms with van der Waals surface area (Å²) in [6.07, 6.45) is -11.0. The van der Waals surface area contributed by atoms with Crippen LogP contribution in [0.3, 0.4) is 0 Å². The molecule has 6 unspecified atom stereocenters. The molecule has 0 amide bonds. The molecule has 5 aliphatic heterocycles. The summed E-state index contributed by atoms with van der Waals surface area (Å²) in [7, 11) is 0. The van der Waals surface area contributed by atoms with E-state index in [1.165, 1.54) is 0 Å². The van der Waals surface area contributed by atoms with Gasteiger partial charge in [0.1, 0.15) is 61.0 Å². The van der Waals surface area contributed by atoms with Crippen LogP contribution >= 0.6 is 0 Å². The van der Waals surface area contributed by atoms with Crippen LogP contribution in [0.4, 0.5) is 0 Å². The van der Waals surface area contributed by atoms with Crippen LogP contribution in [0.25, 0.3) is 0 Å². The van der Waals surface area contributed by atoms with Crippen LogP contribution in [0.2, 0.25) is 0 Å². The van der Waals surface area contributed by atoms with Gasteiger partial charge in [-0.3, -0.25) is 0 Å². The van der Waals surface area contributed by atoms with Crippen molar-refractivity contribution in [3.8, 4) is 0 Å². The quantitative estimate of drug-likeness (QED) is 0.114. The Kier molecular flexibility index (Phi) is 12.2. The van der Waals surface area contributed by atoms with Crippen molar-refractivity contribution < 1.29 is 83.9 Å². The van der Waals surface area contributed by atoms with Crippen molar-refractivity contribution in [2.75, 3.05) is 26.4 Å². The fraction of sp³-hybridized carbons (Fsp3) is 0.957. The van der Waals surface area contributed by atoms with Gasteiger partial charge in [-0.05, 0) is 93.3 Å². The third-order valence-corrected chi connectivity index (χ3v) is 18.4. The summed E-state index contributed by atoms with van der Waals surface area (Å²) in [6, 6.07) is 0. The van der Waals surface area contributed by atoms with E-state index < -0.39 is 110 Å². The molecule has 4 aliphatic carbocycles. The Morgan fingerprint density at radius 2 is 1.35 bits per heavy atom. The lowest BCUT2D eigenvalue weighted by atomic mass is 9.35. The molecule has 63 heavy (non-hydrogen) atoms. The molecule has 5 heterocycles. The minimum Gasteiger partial charge on any atom is -0.394 e. The maximum absolute atomic E-state index is 12.2. The van der Waals surface area contributed by atoms with Crippen LogP contribution in [-0.2, 0) is 37.9 Å². The van der Waals surface area contributed by atoms with Gasteiger partial charge in [-0.15, -0.1) is 0 Å². The second-order valence-electron chi connectivity index (χ2n) is 22.5. The molecule has 0 aromatic carbocycles. The highest BCUT2D eigenvalue weighted by molar-refractivity contribution is 5.26. The maximum Gasteiger partial charge on any atom is 0.187 e. The van der Waals surface area contributed by atoms with Crippen molar-refractivity contribution in [2.24, 2.45) is 45.3 Å². The Morgan fingerprint density at radius 1 is 0.714 bits per heavy atom. The molecule has 2 bridgehead atoms. The monoisotopic (exact) mass is 898 g/mol. The third kappa shape index (κ3) is 7.11. The lowest BCUT2D eigenvalue weighted by Crippen LogP contribution is -2.67. The molecule has 0 aromatic heterocycles. The molecule has 9 N–H and O–H groups in total. The Bertz CT molecular complexity index is 1710. The Labute approximate surface area is 369 Å². The first-order valence-electron chi connectivity index (χ1n) is 23.5. The van der Waals surface area contributed by atoms with E-state index in [9.17, 15) is 46.0 Å². The lowest BCUT2D eigenvalue weighted by molar-refractivity contribution is -0.375. The zero-order valence-corrected chi connectivity index (χ0v) is 37.8. The van der Waals surface area contributed by atoms with Crippen LogP contribution in [0.5, 0.6) is 0 Å². The smallest absolute Gasteiger partial charge is 0.187 e. The SMILES string of the molecule is CC(C)=CC1C[C@](C)(O)C2C3CCC4[C@@]5(C)CC[C@H](O[C@@H]6OC[C@H](O)[C@H](OC7O[C@H](CO)[C@@H](O)[C@H](O)[C@H]7O)[C@H]6O[C@@H]6O[C@@H](CO)[C@H](O)[C@H]6O)C(C)(C)C5CC[C@@]4(C)[C@@]34CO[C@@]2(C4)O1. The van der Waals surface area contributed by atoms with Gasteiger partial charge in [0, 0.05) is 24.2 Å². The highest BCUT2D eigenvalue weighted by atomic mass is 16.8. The van der Waals surface area contributed by atoms with E-state index >= 15 is 0 Å². The molecule has 0 aromatic rings. The first kappa shape index (κ1) is 47.1. The molecular formula is C46H74O17. The van der Waals surface area contributed by atoms with Crippen LogP contribution < -0.4 is 0 Å². The van der Waals surface area contributed by atoms with Crippen molar-refractivity contribution in [3.63, 3.8) is 0 Å². The summed E-state index contributed by atoms with van der Waals surface area (Å²) in [5, 5.41) is 96.7. The number of rotatable bonds is 9. The highest BCUT2D eigenvalue weighted by Gasteiger charge is 2.81. The summed E-state index contributed by atoms with van der Waals surface area (Å²) in [5.74, 6) is -0.0237. The minimum atomic E-state index is -1.79. The van der Waals surface area contributed by atoms with E-state index in [1.54, 1.807) is 0 Å². The number of hydrogen-bond acceptors (Lipinski definition) is 17. The molecule has 9 aliphatic rings. The van der Waals surface area contributed by atoms with Crippen LogP contribution in [0.15, 0.2) is 11.6 Å². The maximum atomic E-state index is 12.2. The standard InChI is InChI=1S/C46H74O17/c1-21(2)14-22-15-44(7,55)37-23-8-9-28-42(5)12-11-29(41(3,4)27(42)10-13-43(28,6)45(23)19-46(37,63-22)57-20-45)60-40-36(62-38-33(53)31(51)26(17-48)59-38)35(24(49)18-56-40)61-39-34(54)32(52)30(50)25(16-47)58-39/h14,22-40,47-55H,8-13,15-20H2,1-7H3/t22?,23?,24-,25+,26-,27?,28?,29-,30+,31-,32-,33+,34+,35-,36+,37?,38-,39?,40-,42-,43+,44-,45-,46-/m0/s1. The van der Waals surface area contributed by atoms with Crippen molar-refractivity contribution in [1.29, 1.82) is 0 Å². The van der Waals surface area contributed by atoms with Gasteiger partial charge in [-0.2, -0.15) is 0 Å². The minimum absolute atomic E-state index is 0.0626. The van der Waals surface area contributed by atoms with E-state index in [0.29, 0.717) is 25.4 Å². The molecule has 17 heteroatoms. The predicted molar refractivity (Wildman–Crippen MR) is 219 cm³/mol. The molecule has 5 saturated heterocycles. The summed E-state index contributed by atoms with van der Waals surface area (Å²) >= 11 is 0. The molecule has 360 valence electrons. The Hall–Kier alpha value is -0.940. The van der Waals surface area contributed by atoms with Crippen LogP contribution in [0.1, 0.15) is 99.8 Å². The topological polar surface area (TPSA) is 256 Å². The van der Waals surface area contributed by atoms with Crippen molar-refractivity contribution in [2.45, 2.75) is 203 Å². The van der Waals surface area contributed by atoms with E-state index in [0.717, 1.165) is 44.1 Å². The normalized spacial score (nSPS) is 57.2. The Balaban J connectivity index is 0.969. The fourth-order valence-electron chi connectivity index (χ4n) is 15.6. The lowest BCUT2D eigenvalue weighted by Gasteiger charge is -2.70. The van der Waals surface area contributed by atoms with E-state index in [1.807, 2.05) is 6.92 Å². The van der Waals surface area contributed by atoms with Crippen molar-refractivity contribution in [3.05, 3.63) is 11.6 Å². The van der Waals surface area contributed by atoms with Gasteiger partial charge in [0.05, 0.1) is 44.2 Å². The van der Waals surface area contributed by atoms with Gasteiger partial charge in [0.2, 0.25) is 0 Å². The second kappa shape index (κ2) is 16.4. The molecule has 0 radical (unpaired) electrons. The second-order valence-corrected chi connectivity index (χ2v) is 22.5. The van der Waals surface area contributed by atoms with Crippen molar-refractivity contribution in [1.82, 2.24) is 0 Å². The average molecular weight is 899 g/mol. The molecule has 2 spiro atoms. The fourth-order valence-corrected chi connectivity index (χ4v) is 15.6. The Morgan fingerprint density at radius 3 is 2.00 bits per heavy atom. The first-order valence-corrected chi connectivity index (χ1v) is 23.5. The number of hydrogen-bond donors (Lipinski definition) is 9. The molecule has 4 saturated carbocycles. The summed E-state index contributed by atoms with van der Waals surface area (Å²) in [4.78, 5) is 0. The van der Waals surface area contributed by atoms with Gasteiger partial charge in [0.25, 0.3) is 0 Å². The zero-order valence-electron chi connectivity index (χ0n) is 37.8. The number of aliphatic hydroxyl groups excluding tert-OH is 8. The number of aliphatic hydroxyl groups is 9. The summed E-state index contributed by atoms with van der Waals surface area (Å²) in [6.45, 7) is 14.6.